The maximum absolute atomic E-state index is 13.2. The van der Waals surface area contributed by atoms with Crippen molar-refractivity contribution in [3.8, 4) is 11.5 Å². The van der Waals surface area contributed by atoms with Crippen molar-refractivity contribution < 1.29 is 24.5 Å². The van der Waals surface area contributed by atoms with Gasteiger partial charge in [-0.2, -0.15) is 0 Å². The summed E-state index contributed by atoms with van der Waals surface area (Å²) < 4.78 is 5.52. The molecule has 160 valence electrons. The fraction of sp³-hybridized carbons (Fsp3) is 0.160. The molecule has 0 aliphatic carbocycles. The molecule has 3 heterocycles. The van der Waals surface area contributed by atoms with E-state index in [1.54, 1.807) is 54.7 Å². The maximum Gasteiger partial charge on any atom is 0.300 e. The molecule has 0 saturated carbocycles. The zero-order valence-electron chi connectivity index (χ0n) is 17.3. The minimum Gasteiger partial charge on any atom is -0.507 e. The average Bonchev–Trinajstić information content (AvgIpc) is 3.38. The molecule has 1 saturated heterocycles. The van der Waals surface area contributed by atoms with Gasteiger partial charge in [-0.15, -0.1) is 0 Å². The second-order valence-corrected chi connectivity index (χ2v) is 7.84. The number of phenols is 1. The zero-order chi connectivity index (χ0) is 22.4. The first-order chi connectivity index (χ1) is 15.5. The minimum absolute atomic E-state index is 0.0755. The van der Waals surface area contributed by atoms with Crippen molar-refractivity contribution in [2.75, 3.05) is 11.5 Å². The van der Waals surface area contributed by atoms with E-state index in [2.05, 4.69) is 4.98 Å². The molecule has 0 bridgehead atoms. The number of nitrogens with zero attached hydrogens (tertiary/aromatic N) is 2. The standard InChI is InChI=1S/C25H20N2O5/c1-14-5-7-19(28)18(12-14)27-22(17-4-2-3-10-26-17)21(24(30)25(27)31)23(29)16-6-8-20-15(13-16)9-11-32-20/h2-8,10,12-13,22,28-29H,9,11H2,1H3/b23-21-. The number of benzene rings is 2. The molecule has 1 amide bonds. The Morgan fingerprint density at radius 3 is 2.75 bits per heavy atom. The number of aliphatic hydroxyl groups is 1. The van der Waals surface area contributed by atoms with Crippen molar-refractivity contribution in [1.29, 1.82) is 0 Å². The molecular weight excluding hydrogens is 408 g/mol. The number of carbonyl (C=O) groups is 2. The predicted octanol–water partition coefficient (Wildman–Crippen LogP) is 3.66. The molecule has 0 spiro atoms. The number of anilines is 1. The van der Waals surface area contributed by atoms with Crippen molar-refractivity contribution in [2.45, 2.75) is 19.4 Å². The first-order valence-corrected chi connectivity index (χ1v) is 10.2. The first kappa shape index (κ1) is 19.8. The Labute approximate surface area is 184 Å². The van der Waals surface area contributed by atoms with Crippen molar-refractivity contribution in [2.24, 2.45) is 0 Å². The highest BCUT2D eigenvalue weighted by atomic mass is 16.5. The Hall–Kier alpha value is -4.13. The van der Waals surface area contributed by atoms with Gasteiger partial charge in [0.05, 0.1) is 23.6 Å². The fourth-order valence-corrected chi connectivity index (χ4v) is 4.21. The summed E-state index contributed by atoms with van der Waals surface area (Å²) in [6.07, 6.45) is 2.25. The topological polar surface area (TPSA) is 100.0 Å². The largest absolute Gasteiger partial charge is 0.507 e. The van der Waals surface area contributed by atoms with Crippen LogP contribution in [0.1, 0.15) is 28.4 Å². The number of aryl methyl sites for hydroxylation is 1. The SMILES string of the molecule is Cc1ccc(O)c(N2C(=O)C(=O)/C(=C(\O)c3ccc4c(c3)CCO4)C2c2ccccn2)c1. The Bertz CT molecular complexity index is 1280. The summed E-state index contributed by atoms with van der Waals surface area (Å²) in [7, 11) is 0. The van der Waals surface area contributed by atoms with E-state index >= 15 is 0 Å². The number of hydrogen-bond acceptors (Lipinski definition) is 6. The van der Waals surface area contributed by atoms with Crippen LogP contribution < -0.4 is 9.64 Å². The summed E-state index contributed by atoms with van der Waals surface area (Å²) in [5.74, 6) is -1.37. The van der Waals surface area contributed by atoms with Crippen LogP contribution in [-0.2, 0) is 16.0 Å². The summed E-state index contributed by atoms with van der Waals surface area (Å²) in [4.78, 5) is 31.9. The Balaban J connectivity index is 1.73. The van der Waals surface area contributed by atoms with E-state index in [0.29, 0.717) is 24.3 Å². The number of aliphatic hydroxyl groups excluding tert-OH is 1. The van der Waals surface area contributed by atoms with E-state index in [1.807, 2.05) is 6.92 Å². The zero-order valence-corrected chi connectivity index (χ0v) is 17.3. The summed E-state index contributed by atoms with van der Waals surface area (Å²) in [6.45, 7) is 2.38. The fourth-order valence-electron chi connectivity index (χ4n) is 4.21. The molecule has 32 heavy (non-hydrogen) atoms. The summed E-state index contributed by atoms with van der Waals surface area (Å²) in [6, 6.07) is 14.1. The lowest BCUT2D eigenvalue weighted by molar-refractivity contribution is -0.132. The van der Waals surface area contributed by atoms with Crippen LogP contribution >= 0.6 is 0 Å². The summed E-state index contributed by atoms with van der Waals surface area (Å²) in [5.41, 5.74) is 2.66. The third-order valence-corrected chi connectivity index (χ3v) is 5.77. The molecule has 2 aromatic carbocycles. The van der Waals surface area contributed by atoms with Crippen molar-refractivity contribution in [1.82, 2.24) is 4.98 Å². The average molecular weight is 428 g/mol. The van der Waals surface area contributed by atoms with Gasteiger partial charge in [-0.05, 0) is 60.5 Å². The highest BCUT2D eigenvalue weighted by molar-refractivity contribution is 6.51. The van der Waals surface area contributed by atoms with Gasteiger partial charge in [-0.25, -0.2) is 0 Å². The van der Waals surface area contributed by atoms with Gasteiger partial charge in [0.2, 0.25) is 0 Å². The number of ketones is 1. The lowest BCUT2D eigenvalue weighted by atomic mass is 9.97. The molecular formula is C25H20N2O5. The maximum atomic E-state index is 13.2. The van der Waals surface area contributed by atoms with Gasteiger partial charge in [0, 0.05) is 18.2 Å². The van der Waals surface area contributed by atoms with Gasteiger partial charge in [-0.3, -0.25) is 19.5 Å². The molecule has 2 N–H and O–H groups in total. The van der Waals surface area contributed by atoms with Crippen molar-refractivity contribution in [3.63, 3.8) is 0 Å². The van der Waals surface area contributed by atoms with Gasteiger partial charge in [0.1, 0.15) is 23.3 Å². The number of aromatic hydroxyl groups is 1. The van der Waals surface area contributed by atoms with Crippen molar-refractivity contribution in [3.05, 3.63) is 88.8 Å². The number of rotatable bonds is 3. The molecule has 1 fully saturated rings. The number of pyridine rings is 1. The van der Waals surface area contributed by atoms with E-state index in [1.165, 1.54) is 11.0 Å². The predicted molar refractivity (Wildman–Crippen MR) is 118 cm³/mol. The van der Waals surface area contributed by atoms with E-state index in [-0.39, 0.29) is 22.8 Å². The van der Waals surface area contributed by atoms with Gasteiger partial charge in [-0.1, -0.05) is 12.1 Å². The number of Topliss-reactive ketones (excluding diaryl/α,β-unsaturated/α-hetero) is 1. The third-order valence-electron chi connectivity index (χ3n) is 5.77. The van der Waals surface area contributed by atoms with Crippen LogP contribution in [0.3, 0.4) is 0 Å². The van der Waals surface area contributed by atoms with Crippen molar-refractivity contribution >= 4 is 23.1 Å². The van der Waals surface area contributed by atoms with Gasteiger partial charge < -0.3 is 14.9 Å². The second-order valence-electron chi connectivity index (χ2n) is 7.84. The highest BCUT2D eigenvalue weighted by Crippen LogP contribution is 2.44. The number of amides is 1. The van der Waals surface area contributed by atoms with E-state index < -0.39 is 17.7 Å². The molecule has 1 atom stereocenters. The molecule has 1 aromatic heterocycles. The van der Waals surface area contributed by atoms with Crippen LogP contribution in [0.4, 0.5) is 5.69 Å². The lowest BCUT2D eigenvalue weighted by Gasteiger charge is -2.25. The minimum atomic E-state index is -0.992. The normalized spacial score (nSPS) is 19.2. The number of carbonyl (C=O) groups excluding carboxylic acids is 2. The Kier molecular flexibility index (Phi) is 4.66. The molecule has 2 aliphatic heterocycles. The van der Waals surface area contributed by atoms with Crippen LogP contribution in [0.15, 0.2) is 66.4 Å². The van der Waals surface area contributed by atoms with Gasteiger partial charge >= 0.3 is 0 Å². The van der Waals surface area contributed by atoms with Gasteiger partial charge in [0.15, 0.2) is 0 Å². The number of hydrogen-bond donors (Lipinski definition) is 2. The smallest absolute Gasteiger partial charge is 0.300 e. The number of fused-ring (bicyclic) bond motifs is 1. The summed E-state index contributed by atoms with van der Waals surface area (Å²) in [5, 5.41) is 21.7. The first-order valence-electron chi connectivity index (χ1n) is 10.2. The van der Waals surface area contributed by atoms with E-state index in [9.17, 15) is 19.8 Å². The molecule has 5 rings (SSSR count). The van der Waals surface area contributed by atoms with Crippen LogP contribution in [0.5, 0.6) is 11.5 Å². The molecule has 7 nitrogen and oxygen atoms in total. The van der Waals surface area contributed by atoms with Gasteiger partial charge in [0.25, 0.3) is 11.7 Å². The Morgan fingerprint density at radius 1 is 1.12 bits per heavy atom. The highest BCUT2D eigenvalue weighted by Gasteiger charge is 2.48. The molecule has 1 unspecified atom stereocenters. The van der Waals surface area contributed by atoms with Crippen LogP contribution in [-0.4, -0.2) is 33.5 Å². The molecule has 3 aromatic rings. The number of ether oxygens (including phenoxy) is 1. The van der Waals surface area contributed by atoms with E-state index in [0.717, 1.165) is 16.9 Å². The van der Waals surface area contributed by atoms with Crippen LogP contribution in [0.2, 0.25) is 0 Å². The van der Waals surface area contributed by atoms with Crippen LogP contribution in [0, 0.1) is 6.92 Å². The lowest BCUT2D eigenvalue weighted by Crippen LogP contribution is -2.30. The molecule has 7 heteroatoms. The van der Waals surface area contributed by atoms with Crippen LogP contribution in [0.25, 0.3) is 5.76 Å². The monoisotopic (exact) mass is 428 g/mol. The molecule has 2 aliphatic rings. The van der Waals surface area contributed by atoms with E-state index in [4.69, 9.17) is 4.74 Å². The summed E-state index contributed by atoms with van der Waals surface area (Å²) >= 11 is 0. The second kappa shape index (κ2) is 7.53. The molecule has 0 radical (unpaired) electrons. The number of aromatic nitrogens is 1. The quantitative estimate of drug-likeness (QED) is 0.375. The third kappa shape index (κ3) is 3.10. The Morgan fingerprint density at radius 2 is 1.97 bits per heavy atom. The number of phenolic OH excluding ortho intramolecular Hbond substituents is 1.